The summed E-state index contributed by atoms with van der Waals surface area (Å²) in [4.78, 5) is 0. The van der Waals surface area contributed by atoms with Gasteiger partial charge in [-0.25, -0.2) is 4.39 Å². The van der Waals surface area contributed by atoms with Crippen LogP contribution >= 0.6 is 0 Å². The van der Waals surface area contributed by atoms with Crippen LogP contribution < -0.4 is 0 Å². The van der Waals surface area contributed by atoms with E-state index in [4.69, 9.17) is 0 Å². The van der Waals surface area contributed by atoms with Crippen molar-refractivity contribution in [1.29, 1.82) is 0 Å². The summed E-state index contributed by atoms with van der Waals surface area (Å²) >= 11 is 0. The largest absolute Gasteiger partial charge is 0.507 e. The quantitative estimate of drug-likeness (QED) is 0.746. The van der Waals surface area contributed by atoms with Crippen LogP contribution in [0.15, 0.2) is 42.5 Å². The molecule has 0 bridgehead atoms. The SMILES string of the molecule is CC(C)(C)CC(C)(C)c1ccc(O)c(-c2cccc(F)c2)c1. The highest BCUT2D eigenvalue weighted by atomic mass is 19.1. The maximum atomic E-state index is 13.5. The molecule has 1 nitrogen and oxygen atoms in total. The molecule has 0 aliphatic carbocycles. The molecule has 0 radical (unpaired) electrons. The molecule has 0 unspecified atom stereocenters. The number of phenolic OH excluding ortho intramolecular Hbond substituents is 1. The smallest absolute Gasteiger partial charge is 0.123 e. The zero-order chi connectivity index (χ0) is 16.5. The molecular weight excluding hydrogens is 275 g/mol. The van der Waals surface area contributed by atoms with Gasteiger partial charge in [-0.1, -0.05) is 52.8 Å². The second-order valence-electron chi connectivity index (χ2n) is 7.86. The van der Waals surface area contributed by atoms with Gasteiger partial charge in [-0.2, -0.15) is 0 Å². The fourth-order valence-corrected chi connectivity index (χ4v) is 3.27. The number of phenols is 1. The average Bonchev–Trinajstić information content (AvgIpc) is 2.36. The number of rotatable bonds is 3. The first kappa shape index (κ1) is 16.5. The molecule has 0 saturated heterocycles. The Balaban J connectivity index is 2.47. The molecule has 1 N–H and O–H groups in total. The van der Waals surface area contributed by atoms with Gasteiger partial charge in [0.05, 0.1) is 0 Å². The monoisotopic (exact) mass is 300 g/mol. The van der Waals surface area contributed by atoms with E-state index in [9.17, 15) is 9.50 Å². The van der Waals surface area contributed by atoms with Gasteiger partial charge >= 0.3 is 0 Å². The minimum Gasteiger partial charge on any atom is -0.507 e. The van der Waals surface area contributed by atoms with Crippen LogP contribution in [-0.2, 0) is 5.41 Å². The Morgan fingerprint density at radius 3 is 2.23 bits per heavy atom. The van der Waals surface area contributed by atoms with Gasteiger partial charge in [0, 0.05) is 5.56 Å². The predicted molar refractivity (Wildman–Crippen MR) is 90.6 cm³/mol. The molecule has 0 aliphatic heterocycles. The first-order valence-corrected chi connectivity index (χ1v) is 7.68. The van der Waals surface area contributed by atoms with Gasteiger partial charge in [0.25, 0.3) is 0 Å². The van der Waals surface area contributed by atoms with Gasteiger partial charge in [-0.3, -0.25) is 0 Å². The first-order chi connectivity index (χ1) is 10.1. The van der Waals surface area contributed by atoms with E-state index < -0.39 is 0 Å². The third-order valence-electron chi connectivity index (χ3n) is 3.89. The minimum absolute atomic E-state index is 0.0198. The molecule has 0 atom stereocenters. The fourth-order valence-electron chi connectivity index (χ4n) is 3.27. The Morgan fingerprint density at radius 1 is 0.955 bits per heavy atom. The van der Waals surface area contributed by atoms with Crippen LogP contribution in [0.1, 0.15) is 46.6 Å². The van der Waals surface area contributed by atoms with E-state index in [-0.39, 0.29) is 22.4 Å². The standard InChI is InChI=1S/C20H25FO/c1-19(2,3)13-20(4,5)15-9-10-18(22)17(12-15)14-7-6-8-16(21)11-14/h6-12,22H,13H2,1-5H3. The maximum Gasteiger partial charge on any atom is 0.123 e. The number of aromatic hydroxyl groups is 1. The second kappa shape index (κ2) is 5.75. The molecule has 0 spiro atoms. The van der Waals surface area contributed by atoms with E-state index in [0.29, 0.717) is 11.1 Å². The highest BCUT2D eigenvalue weighted by Gasteiger charge is 2.27. The van der Waals surface area contributed by atoms with E-state index >= 15 is 0 Å². The Morgan fingerprint density at radius 2 is 1.64 bits per heavy atom. The Hall–Kier alpha value is -1.83. The normalized spacial score (nSPS) is 12.5. The van der Waals surface area contributed by atoms with Crippen molar-refractivity contribution in [1.82, 2.24) is 0 Å². The molecule has 118 valence electrons. The molecule has 0 fully saturated rings. The van der Waals surface area contributed by atoms with Gasteiger partial charge in [0.2, 0.25) is 0 Å². The molecule has 22 heavy (non-hydrogen) atoms. The molecule has 2 rings (SSSR count). The molecule has 2 heteroatoms. The lowest BCUT2D eigenvalue weighted by Crippen LogP contribution is -2.24. The molecule has 0 amide bonds. The summed E-state index contributed by atoms with van der Waals surface area (Å²) < 4.78 is 13.5. The minimum atomic E-state index is -0.295. The van der Waals surface area contributed by atoms with Crippen LogP contribution in [0.3, 0.4) is 0 Å². The summed E-state index contributed by atoms with van der Waals surface area (Å²) in [5.41, 5.74) is 2.72. The summed E-state index contributed by atoms with van der Waals surface area (Å²) in [7, 11) is 0. The van der Waals surface area contributed by atoms with Crippen LogP contribution in [0, 0.1) is 11.2 Å². The molecule has 0 heterocycles. The molecule has 0 saturated carbocycles. The summed E-state index contributed by atoms with van der Waals surface area (Å²) in [5, 5.41) is 10.2. The van der Waals surface area contributed by atoms with Crippen LogP contribution in [0.2, 0.25) is 0 Å². The highest BCUT2D eigenvalue weighted by Crippen LogP contribution is 2.39. The summed E-state index contributed by atoms with van der Waals surface area (Å²) in [6.45, 7) is 11.1. The molecule has 2 aromatic rings. The van der Waals surface area contributed by atoms with Crippen molar-refractivity contribution in [3.63, 3.8) is 0 Å². The summed E-state index contributed by atoms with van der Waals surface area (Å²) in [6, 6.07) is 12.0. The number of hydrogen-bond acceptors (Lipinski definition) is 1. The highest BCUT2D eigenvalue weighted by molar-refractivity contribution is 5.71. The molecular formula is C20H25FO. The van der Waals surface area contributed by atoms with Crippen molar-refractivity contribution < 1.29 is 9.50 Å². The first-order valence-electron chi connectivity index (χ1n) is 7.68. The van der Waals surface area contributed by atoms with Crippen molar-refractivity contribution in [2.75, 3.05) is 0 Å². The Bertz CT molecular complexity index is 666. The van der Waals surface area contributed by atoms with Crippen LogP contribution in [0.5, 0.6) is 5.75 Å². The van der Waals surface area contributed by atoms with Crippen LogP contribution in [-0.4, -0.2) is 5.11 Å². The Kier molecular flexibility index (Phi) is 4.32. The lowest BCUT2D eigenvalue weighted by molar-refractivity contribution is 0.284. The van der Waals surface area contributed by atoms with Crippen molar-refractivity contribution in [3.05, 3.63) is 53.8 Å². The lowest BCUT2D eigenvalue weighted by Gasteiger charge is -2.33. The predicted octanol–water partition coefficient (Wildman–Crippen LogP) is 5.91. The van der Waals surface area contributed by atoms with E-state index in [1.165, 1.54) is 12.1 Å². The third kappa shape index (κ3) is 3.88. The second-order valence-corrected chi connectivity index (χ2v) is 7.86. The lowest BCUT2D eigenvalue weighted by atomic mass is 9.72. The fraction of sp³-hybridized carbons (Fsp3) is 0.400. The van der Waals surface area contributed by atoms with Crippen molar-refractivity contribution in [3.8, 4) is 16.9 Å². The molecule has 0 aromatic heterocycles. The topological polar surface area (TPSA) is 20.2 Å². The van der Waals surface area contributed by atoms with Gasteiger partial charge in [0.1, 0.15) is 11.6 Å². The van der Waals surface area contributed by atoms with Gasteiger partial charge in [-0.15, -0.1) is 0 Å². The van der Waals surface area contributed by atoms with Gasteiger partial charge in [0.15, 0.2) is 0 Å². The number of benzene rings is 2. The van der Waals surface area contributed by atoms with E-state index in [0.717, 1.165) is 12.0 Å². The average molecular weight is 300 g/mol. The van der Waals surface area contributed by atoms with Crippen LogP contribution in [0.4, 0.5) is 4.39 Å². The number of halogens is 1. The van der Waals surface area contributed by atoms with Crippen LogP contribution in [0.25, 0.3) is 11.1 Å². The number of hydrogen-bond donors (Lipinski definition) is 1. The van der Waals surface area contributed by atoms with E-state index in [1.54, 1.807) is 12.1 Å². The zero-order valence-electron chi connectivity index (χ0n) is 14.1. The van der Waals surface area contributed by atoms with Crippen molar-refractivity contribution in [2.45, 2.75) is 46.5 Å². The molecule has 2 aromatic carbocycles. The third-order valence-corrected chi connectivity index (χ3v) is 3.89. The van der Waals surface area contributed by atoms with Crippen molar-refractivity contribution in [2.24, 2.45) is 5.41 Å². The zero-order valence-corrected chi connectivity index (χ0v) is 14.1. The van der Waals surface area contributed by atoms with E-state index in [2.05, 4.69) is 34.6 Å². The van der Waals surface area contributed by atoms with Gasteiger partial charge in [-0.05, 0) is 52.6 Å². The van der Waals surface area contributed by atoms with Crippen molar-refractivity contribution >= 4 is 0 Å². The molecule has 0 aliphatic rings. The summed E-state index contributed by atoms with van der Waals surface area (Å²) in [5.74, 6) is -0.114. The Labute approximate surface area is 132 Å². The summed E-state index contributed by atoms with van der Waals surface area (Å²) in [6.07, 6.45) is 1.02. The van der Waals surface area contributed by atoms with E-state index in [1.807, 2.05) is 18.2 Å². The maximum absolute atomic E-state index is 13.5. The van der Waals surface area contributed by atoms with Gasteiger partial charge < -0.3 is 5.11 Å².